The molecule has 10 rings (SSSR count). The van der Waals surface area contributed by atoms with Crippen molar-refractivity contribution in [1.82, 2.24) is 19.1 Å². The summed E-state index contributed by atoms with van der Waals surface area (Å²) in [4.78, 5) is 12.1. The van der Waals surface area contributed by atoms with Crippen molar-refractivity contribution in [2.24, 2.45) is 0 Å². The fourth-order valence-corrected chi connectivity index (χ4v) is 11.1. The van der Waals surface area contributed by atoms with Crippen molar-refractivity contribution in [2.75, 3.05) is 0 Å². The molecule has 6 heteroatoms. The van der Waals surface area contributed by atoms with Crippen LogP contribution in [0.5, 0.6) is 0 Å². The first-order valence-corrected chi connectivity index (χ1v) is 24.2. The Labute approximate surface area is 386 Å². The highest BCUT2D eigenvalue weighted by Gasteiger charge is 2.24. The molecule has 6 aromatic heterocycles. The van der Waals surface area contributed by atoms with Gasteiger partial charge in [0, 0.05) is 43.7 Å². The third kappa shape index (κ3) is 7.39. The Kier molecular flexibility index (Phi) is 9.79. The molecule has 0 atom stereocenters. The van der Waals surface area contributed by atoms with Gasteiger partial charge in [-0.25, -0.2) is 0 Å². The van der Waals surface area contributed by atoms with Gasteiger partial charge in [-0.05, 0) is 152 Å². The van der Waals surface area contributed by atoms with Crippen LogP contribution in [0.2, 0.25) is 0 Å². The number of nitrogens with zero attached hydrogens (tertiary/aromatic N) is 4. The molecule has 64 heavy (non-hydrogen) atoms. The average Bonchev–Trinajstić information content (AvgIpc) is 4.05. The third-order valence-electron chi connectivity index (χ3n) is 13.0. The molecule has 0 unspecified atom stereocenters. The SMILES string of the molecule is CC(C)(C)c1ccc2c(c1)c1cc(C(C)(C)C)ccc1n2-c1ccc(-c2ccnc(-c3cc(-c4ccc(-n5c6ccc(C(C)(C)C)cc6c6cc(C(C)(C)C)ccc65)s4)ccn3)c2)s1. The number of benzene rings is 4. The number of pyridine rings is 2. The molecule has 0 amide bonds. The van der Waals surface area contributed by atoms with Crippen molar-refractivity contribution >= 4 is 66.3 Å². The Bertz CT molecular complexity index is 3060. The topological polar surface area (TPSA) is 35.6 Å². The second kappa shape index (κ2) is 14.9. The lowest BCUT2D eigenvalue weighted by Gasteiger charge is -2.19. The van der Waals surface area contributed by atoms with E-state index in [0.717, 1.165) is 22.5 Å². The van der Waals surface area contributed by atoms with Gasteiger partial charge in [0.2, 0.25) is 0 Å². The standard InChI is InChI=1S/C58H58N4S2/c1-55(2,3)37-13-17-47-41(31-37)42-32-38(56(4,5)6)14-18-48(42)61(47)53-23-21-51(63-53)35-25-27-59-45(29-35)46-30-36(26-28-60-46)52-22-24-54(64-52)62-49-19-15-39(57(7,8)9)33-43(49)44-34-40(58(10,11)12)16-20-50(44)62/h13-34H,1-12H3. The van der Waals surface area contributed by atoms with Crippen LogP contribution in [0, 0.1) is 0 Å². The molecule has 0 fully saturated rings. The molecular weight excluding hydrogens is 817 g/mol. The van der Waals surface area contributed by atoms with Crippen molar-refractivity contribution in [3.63, 3.8) is 0 Å². The van der Waals surface area contributed by atoms with Crippen molar-refractivity contribution in [3.05, 3.63) is 156 Å². The lowest BCUT2D eigenvalue weighted by atomic mass is 9.85. The zero-order valence-corrected chi connectivity index (χ0v) is 40.9. The third-order valence-corrected chi connectivity index (χ3v) is 15.2. The van der Waals surface area contributed by atoms with Crippen LogP contribution < -0.4 is 0 Å². The van der Waals surface area contributed by atoms with E-state index in [4.69, 9.17) is 9.97 Å². The normalized spacial score (nSPS) is 13.0. The summed E-state index contributed by atoms with van der Waals surface area (Å²) >= 11 is 3.63. The highest BCUT2D eigenvalue weighted by atomic mass is 32.1. The molecule has 0 bridgehead atoms. The second-order valence-electron chi connectivity index (χ2n) is 21.7. The summed E-state index contributed by atoms with van der Waals surface area (Å²) in [6.45, 7) is 27.5. The largest absolute Gasteiger partial charge is 0.301 e. The summed E-state index contributed by atoms with van der Waals surface area (Å²) < 4.78 is 4.90. The molecule has 0 aliphatic heterocycles. The first kappa shape index (κ1) is 42.1. The van der Waals surface area contributed by atoms with E-state index >= 15 is 0 Å². The molecule has 0 radical (unpaired) electrons. The van der Waals surface area contributed by atoms with E-state index in [1.165, 1.54) is 85.6 Å². The molecule has 4 aromatic carbocycles. The summed E-state index contributed by atoms with van der Waals surface area (Å²) in [7, 11) is 0. The highest BCUT2D eigenvalue weighted by molar-refractivity contribution is 7.18. The fraction of sp³-hybridized carbons (Fsp3) is 0.276. The predicted octanol–water partition coefficient (Wildman–Crippen LogP) is 17.0. The maximum Gasteiger partial charge on any atom is 0.101 e. The predicted molar refractivity (Wildman–Crippen MR) is 278 cm³/mol. The van der Waals surface area contributed by atoms with Gasteiger partial charge in [0.15, 0.2) is 0 Å². The van der Waals surface area contributed by atoms with E-state index < -0.39 is 0 Å². The quantitative estimate of drug-likeness (QED) is 0.173. The molecule has 10 aromatic rings. The van der Waals surface area contributed by atoms with Gasteiger partial charge in [0.05, 0.1) is 33.5 Å². The van der Waals surface area contributed by atoms with Gasteiger partial charge < -0.3 is 9.13 Å². The molecule has 0 spiro atoms. The second-order valence-corrected chi connectivity index (χ2v) is 23.9. The van der Waals surface area contributed by atoms with Gasteiger partial charge in [0.25, 0.3) is 0 Å². The number of rotatable bonds is 5. The number of thiophene rings is 2. The Morgan fingerprint density at radius 2 is 0.641 bits per heavy atom. The minimum Gasteiger partial charge on any atom is -0.301 e. The van der Waals surface area contributed by atoms with Gasteiger partial charge >= 0.3 is 0 Å². The van der Waals surface area contributed by atoms with Crippen molar-refractivity contribution in [2.45, 2.75) is 105 Å². The number of aromatic nitrogens is 4. The maximum atomic E-state index is 4.86. The first-order chi connectivity index (χ1) is 30.2. The van der Waals surface area contributed by atoms with E-state index in [0.29, 0.717) is 0 Å². The Hall–Kier alpha value is -5.82. The molecule has 4 nitrogen and oxygen atoms in total. The van der Waals surface area contributed by atoms with E-state index in [9.17, 15) is 0 Å². The van der Waals surface area contributed by atoms with Crippen LogP contribution in [-0.4, -0.2) is 19.1 Å². The van der Waals surface area contributed by atoms with Gasteiger partial charge in [-0.2, -0.15) is 0 Å². The number of fused-ring (bicyclic) bond motifs is 6. The van der Waals surface area contributed by atoms with Gasteiger partial charge in [-0.15, -0.1) is 22.7 Å². The lowest BCUT2D eigenvalue weighted by Crippen LogP contribution is -2.10. The average molecular weight is 875 g/mol. The summed E-state index contributed by atoms with van der Waals surface area (Å²) in [6.07, 6.45) is 3.84. The lowest BCUT2D eigenvalue weighted by molar-refractivity contribution is 0.590. The molecule has 0 saturated heterocycles. The maximum absolute atomic E-state index is 4.86. The van der Waals surface area contributed by atoms with E-state index in [1.54, 1.807) is 0 Å². The molecule has 0 N–H and O–H groups in total. The summed E-state index contributed by atoms with van der Waals surface area (Å²) in [6, 6.07) is 45.8. The Morgan fingerprint density at radius 1 is 0.344 bits per heavy atom. The van der Waals surface area contributed by atoms with Crippen LogP contribution in [0.3, 0.4) is 0 Å². The van der Waals surface area contributed by atoms with E-state index in [1.807, 2.05) is 35.1 Å². The zero-order chi connectivity index (χ0) is 45.1. The molecule has 322 valence electrons. The smallest absolute Gasteiger partial charge is 0.101 e. The van der Waals surface area contributed by atoms with E-state index in [-0.39, 0.29) is 21.7 Å². The molecule has 0 aliphatic rings. The van der Waals surface area contributed by atoms with Crippen LogP contribution in [0.25, 0.3) is 85.9 Å². The van der Waals surface area contributed by atoms with Crippen molar-refractivity contribution in [3.8, 4) is 42.3 Å². The van der Waals surface area contributed by atoms with Crippen LogP contribution in [0.4, 0.5) is 0 Å². The minimum atomic E-state index is 0.0575. The van der Waals surface area contributed by atoms with Crippen molar-refractivity contribution < 1.29 is 0 Å². The van der Waals surface area contributed by atoms with Crippen molar-refractivity contribution in [1.29, 1.82) is 0 Å². The highest BCUT2D eigenvalue weighted by Crippen LogP contribution is 2.43. The first-order valence-electron chi connectivity index (χ1n) is 22.5. The van der Waals surface area contributed by atoms with Gasteiger partial charge in [-0.3, -0.25) is 9.97 Å². The minimum absolute atomic E-state index is 0.0575. The molecule has 6 heterocycles. The summed E-state index contributed by atoms with van der Waals surface area (Å²) in [5.41, 5.74) is 14.5. The number of hydrogen-bond acceptors (Lipinski definition) is 4. The van der Waals surface area contributed by atoms with Crippen LogP contribution in [-0.2, 0) is 21.7 Å². The van der Waals surface area contributed by atoms with E-state index in [2.05, 4.69) is 214 Å². The molecular formula is C58H58N4S2. The molecule has 0 aliphatic carbocycles. The Balaban J connectivity index is 0.999. The van der Waals surface area contributed by atoms with Crippen LogP contribution >= 0.6 is 22.7 Å². The van der Waals surface area contributed by atoms with Gasteiger partial charge in [-0.1, -0.05) is 107 Å². The summed E-state index contributed by atoms with van der Waals surface area (Å²) in [5.74, 6) is 0. The molecule has 0 saturated carbocycles. The number of hydrogen-bond donors (Lipinski definition) is 0. The van der Waals surface area contributed by atoms with Crippen LogP contribution in [0.15, 0.2) is 134 Å². The monoisotopic (exact) mass is 874 g/mol. The van der Waals surface area contributed by atoms with Gasteiger partial charge in [0.1, 0.15) is 10.0 Å². The zero-order valence-electron chi connectivity index (χ0n) is 39.3. The summed E-state index contributed by atoms with van der Waals surface area (Å²) in [5, 5.41) is 7.61. The fourth-order valence-electron chi connectivity index (χ4n) is 9.04. The Morgan fingerprint density at radius 3 is 0.922 bits per heavy atom. The van der Waals surface area contributed by atoms with Crippen LogP contribution in [0.1, 0.15) is 105 Å².